The Morgan fingerprint density at radius 2 is 1.80 bits per heavy atom. The van der Waals surface area contributed by atoms with E-state index in [-0.39, 0.29) is 11.9 Å². The van der Waals surface area contributed by atoms with E-state index in [4.69, 9.17) is 25.4 Å². The van der Waals surface area contributed by atoms with Crippen molar-refractivity contribution in [2.75, 3.05) is 50.8 Å². The third-order valence-corrected chi connectivity index (χ3v) is 9.05. The molecular formula is C35H36FN9O. The van der Waals surface area contributed by atoms with Gasteiger partial charge in [-0.3, -0.25) is 19.9 Å². The fourth-order valence-electron chi connectivity index (χ4n) is 6.63. The van der Waals surface area contributed by atoms with Crippen molar-refractivity contribution in [3.05, 3.63) is 84.0 Å². The Labute approximate surface area is 266 Å². The van der Waals surface area contributed by atoms with E-state index in [1.807, 2.05) is 12.1 Å². The topological polar surface area (TPSA) is 121 Å². The molecule has 8 rings (SSSR count). The molecule has 3 aliphatic heterocycles. The summed E-state index contributed by atoms with van der Waals surface area (Å²) in [6.07, 6.45) is 11.3. The lowest BCUT2D eigenvalue weighted by Crippen LogP contribution is -2.56. The van der Waals surface area contributed by atoms with Crippen LogP contribution in [0.1, 0.15) is 36.2 Å². The predicted octanol–water partition coefficient (Wildman–Crippen LogP) is 4.63. The molecule has 0 aliphatic carbocycles. The van der Waals surface area contributed by atoms with E-state index in [1.165, 1.54) is 25.0 Å². The van der Waals surface area contributed by atoms with Crippen molar-refractivity contribution in [2.24, 2.45) is 10.7 Å². The van der Waals surface area contributed by atoms with Crippen LogP contribution in [-0.4, -0.2) is 87.4 Å². The van der Waals surface area contributed by atoms with E-state index < -0.39 is 0 Å². The average Bonchev–Trinajstić information content (AvgIpc) is 3.68. The minimum atomic E-state index is -0.343. The van der Waals surface area contributed by atoms with Crippen molar-refractivity contribution >= 4 is 22.4 Å². The van der Waals surface area contributed by atoms with Crippen LogP contribution < -0.4 is 15.4 Å². The Bertz CT molecular complexity index is 1930. The molecule has 3 N–H and O–H groups in total. The number of rotatable bonds is 8. The van der Waals surface area contributed by atoms with Crippen LogP contribution in [0, 0.1) is 5.82 Å². The van der Waals surface area contributed by atoms with E-state index >= 15 is 0 Å². The second kappa shape index (κ2) is 12.2. The number of hydrogen-bond acceptors (Lipinski definition) is 9. The zero-order valence-corrected chi connectivity index (χ0v) is 25.6. The number of fused-ring (bicyclic) bond motifs is 2. The van der Waals surface area contributed by atoms with Crippen LogP contribution in [0.25, 0.3) is 33.4 Å². The van der Waals surface area contributed by atoms with Crippen LogP contribution in [0.15, 0.2) is 66.2 Å². The molecule has 0 radical (unpaired) electrons. The summed E-state index contributed by atoms with van der Waals surface area (Å²) in [5.74, 6) is 0.979. The normalized spacial score (nSPS) is 17.1. The number of hydrogen-bond donors (Lipinski definition) is 2. The van der Waals surface area contributed by atoms with Crippen LogP contribution in [0.4, 0.5) is 10.2 Å². The van der Waals surface area contributed by atoms with Gasteiger partial charge in [-0.1, -0.05) is 6.07 Å². The fraction of sp³-hybridized carbons (Fsp3) is 0.343. The Morgan fingerprint density at radius 1 is 0.935 bits per heavy atom. The van der Waals surface area contributed by atoms with E-state index in [9.17, 15) is 4.39 Å². The molecule has 46 heavy (non-hydrogen) atoms. The van der Waals surface area contributed by atoms with Gasteiger partial charge in [-0.15, -0.1) is 0 Å². The summed E-state index contributed by atoms with van der Waals surface area (Å²) in [4.78, 5) is 31.9. The molecule has 2 fully saturated rings. The minimum Gasteiger partial charge on any atom is -0.492 e. The molecule has 234 valence electrons. The maximum atomic E-state index is 14.9. The lowest BCUT2D eigenvalue weighted by molar-refractivity contribution is 0.237. The molecule has 7 heterocycles. The van der Waals surface area contributed by atoms with Gasteiger partial charge in [0.25, 0.3) is 0 Å². The van der Waals surface area contributed by atoms with Gasteiger partial charge in [-0.05, 0) is 74.2 Å². The van der Waals surface area contributed by atoms with Gasteiger partial charge in [-0.2, -0.15) is 0 Å². The first-order chi connectivity index (χ1) is 22.6. The fourth-order valence-corrected chi connectivity index (χ4v) is 6.63. The first-order valence-electron chi connectivity index (χ1n) is 16.1. The summed E-state index contributed by atoms with van der Waals surface area (Å²) in [5.41, 5.74) is 13.4. The molecule has 0 bridgehead atoms. The van der Waals surface area contributed by atoms with Crippen molar-refractivity contribution < 1.29 is 9.13 Å². The second-order valence-electron chi connectivity index (χ2n) is 12.4. The number of aromatic amines is 1. The molecule has 2 saturated heterocycles. The van der Waals surface area contributed by atoms with Crippen molar-refractivity contribution in [1.29, 1.82) is 0 Å². The highest BCUT2D eigenvalue weighted by atomic mass is 19.1. The number of aryl methyl sites for hydroxylation is 1. The second-order valence-corrected chi connectivity index (χ2v) is 12.4. The number of anilines is 1. The van der Waals surface area contributed by atoms with Gasteiger partial charge in [0.05, 0.1) is 41.2 Å². The van der Waals surface area contributed by atoms with E-state index in [1.54, 1.807) is 24.8 Å². The van der Waals surface area contributed by atoms with Crippen molar-refractivity contribution in [2.45, 2.75) is 31.7 Å². The molecule has 4 aromatic heterocycles. The first-order valence-corrected chi connectivity index (χ1v) is 16.1. The van der Waals surface area contributed by atoms with Gasteiger partial charge in [0.2, 0.25) is 0 Å². The SMILES string of the molecule is NC1CN(c2cncc(-c3ccc4c(n3)C(c3cc5c(-c6cc(F)cc(OCCN7CCCC7)c6)cncc5[nH]3)=NCCC4)n2)C1. The quantitative estimate of drug-likeness (QED) is 0.259. The summed E-state index contributed by atoms with van der Waals surface area (Å²) in [5, 5.41) is 0.926. The maximum Gasteiger partial charge on any atom is 0.147 e. The predicted molar refractivity (Wildman–Crippen MR) is 177 cm³/mol. The van der Waals surface area contributed by atoms with Crippen LogP contribution in [-0.2, 0) is 6.42 Å². The summed E-state index contributed by atoms with van der Waals surface area (Å²) < 4.78 is 20.9. The summed E-state index contributed by atoms with van der Waals surface area (Å²) in [6.45, 7) is 5.80. The molecule has 0 saturated carbocycles. The highest BCUT2D eigenvalue weighted by Crippen LogP contribution is 2.33. The Hall–Kier alpha value is -4.74. The lowest BCUT2D eigenvalue weighted by atomic mass is 10.0. The number of pyridine rings is 2. The summed E-state index contributed by atoms with van der Waals surface area (Å²) >= 11 is 0. The molecule has 11 heteroatoms. The number of aliphatic imine (C=N–C) groups is 1. The van der Waals surface area contributed by atoms with Gasteiger partial charge in [0.15, 0.2) is 0 Å². The highest BCUT2D eigenvalue weighted by Gasteiger charge is 2.25. The maximum absolute atomic E-state index is 14.9. The molecule has 0 atom stereocenters. The lowest BCUT2D eigenvalue weighted by Gasteiger charge is -2.37. The van der Waals surface area contributed by atoms with Crippen LogP contribution >= 0.6 is 0 Å². The number of aromatic nitrogens is 5. The Balaban J connectivity index is 1.11. The van der Waals surface area contributed by atoms with Gasteiger partial charge >= 0.3 is 0 Å². The molecule has 0 amide bonds. The summed E-state index contributed by atoms with van der Waals surface area (Å²) in [7, 11) is 0. The number of H-pyrrole nitrogens is 1. The number of benzene rings is 1. The average molecular weight is 618 g/mol. The zero-order chi connectivity index (χ0) is 31.0. The molecular weight excluding hydrogens is 581 g/mol. The molecule has 0 spiro atoms. The Morgan fingerprint density at radius 3 is 2.67 bits per heavy atom. The van der Waals surface area contributed by atoms with Crippen LogP contribution in [0.3, 0.4) is 0 Å². The minimum absolute atomic E-state index is 0.169. The molecule has 10 nitrogen and oxygen atoms in total. The smallest absolute Gasteiger partial charge is 0.147 e. The highest BCUT2D eigenvalue weighted by molar-refractivity contribution is 6.14. The third-order valence-electron chi connectivity index (χ3n) is 9.05. The molecule has 5 aromatic rings. The van der Waals surface area contributed by atoms with Gasteiger partial charge in [-0.25, -0.2) is 14.4 Å². The number of halogens is 1. The monoisotopic (exact) mass is 617 g/mol. The van der Waals surface area contributed by atoms with Crippen LogP contribution in [0.5, 0.6) is 5.75 Å². The number of nitrogens with one attached hydrogen (secondary N) is 1. The van der Waals surface area contributed by atoms with E-state index in [2.05, 4.69) is 36.9 Å². The number of nitrogens with zero attached hydrogens (tertiary/aromatic N) is 7. The van der Waals surface area contributed by atoms with Gasteiger partial charge < -0.3 is 20.4 Å². The van der Waals surface area contributed by atoms with E-state index in [0.29, 0.717) is 30.2 Å². The summed E-state index contributed by atoms with van der Waals surface area (Å²) in [6, 6.07) is 11.3. The van der Waals surface area contributed by atoms with Crippen molar-refractivity contribution in [1.82, 2.24) is 29.8 Å². The van der Waals surface area contributed by atoms with Crippen molar-refractivity contribution in [3.63, 3.8) is 0 Å². The number of ether oxygens (including phenoxy) is 1. The molecule has 0 unspecified atom stereocenters. The first kappa shape index (κ1) is 28.7. The van der Waals surface area contributed by atoms with Gasteiger partial charge in [0, 0.05) is 55.4 Å². The number of nitrogens with two attached hydrogens (primary N) is 1. The van der Waals surface area contributed by atoms with E-state index in [0.717, 1.165) is 96.2 Å². The largest absolute Gasteiger partial charge is 0.492 e. The number of likely N-dealkylation sites (tertiary alicyclic amines) is 1. The van der Waals surface area contributed by atoms with Crippen LogP contribution in [0.2, 0.25) is 0 Å². The zero-order valence-electron chi connectivity index (χ0n) is 25.6. The van der Waals surface area contributed by atoms with Gasteiger partial charge in [0.1, 0.15) is 35.4 Å². The molecule has 1 aromatic carbocycles. The third kappa shape index (κ3) is 5.72. The molecule has 3 aliphatic rings. The standard InChI is InChI=1S/C35H36FN9O/c36-24-12-23(13-26(14-24)46-11-10-44-8-1-2-9-44)28-16-38-17-31-27(28)15-30(41-31)35-34-22(4-3-7-40-35)5-6-29(43-34)32-18-39-19-33(42-32)45-20-25(37)21-45/h5-6,12-19,25,41H,1-4,7-11,20-21,37H2. The Kier molecular flexibility index (Phi) is 7.63. The van der Waals surface area contributed by atoms with Crippen molar-refractivity contribution in [3.8, 4) is 28.3 Å².